The summed E-state index contributed by atoms with van der Waals surface area (Å²) in [4.78, 5) is 15.1. The molecule has 3 aromatic carbocycles. The van der Waals surface area contributed by atoms with E-state index in [0.29, 0.717) is 28.3 Å². The third-order valence-corrected chi connectivity index (χ3v) is 5.88. The zero-order valence-electron chi connectivity index (χ0n) is 16.4. The van der Waals surface area contributed by atoms with Gasteiger partial charge in [0.05, 0.1) is 11.1 Å². The third-order valence-electron chi connectivity index (χ3n) is 5.88. The van der Waals surface area contributed by atoms with Gasteiger partial charge in [-0.25, -0.2) is 4.79 Å². The van der Waals surface area contributed by atoms with Crippen LogP contribution in [0.25, 0.3) is 0 Å². The van der Waals surface area contributed by atoms with Crippen LogP contribution in [0.4, 0.5) is 11.4 Å². The van der Waals surface area contributed by atoms with E-state index in [9.17, 15) is 4.79 Å². The minimum atomic E-state index is -1.11. The van der Waals surface area contributed by atoms with Crippen LogP contribution in [0.1, 0.15) is 40.9 Å². The molecule has 5 nitrogen and oxygen atoms in total. The summed E-state index contributed by atoms with van der Waals surface area (Å²) in [5.74, 6) is 0.936. The molecule has 0 amide bonds. The number of nitrogens with two attached hydrogens (primary N) is 1. The molecular formula is C24H22N2O3. The molecule has 1 unspecified atom stereocenters. The summed E-state index contributed by atoms with van der Waals surface area (Å²) < 4.78 is 12.4. The number of anilines is 2. The monoisotopic (exact) mass is 386 g/mol. The van der Waals surface area contributed by atoms with Gasteiger partial charge in [0.2, 0.25) is 0 Å². The number of fused-ring (bicyclic) bond motifs is 6. The van der Waals surface area contributed by atoms with Gasteiger partial charge < -0.3 is 20.1 Å². The normalized spacial score (nSPS) is 18.5. The topological polar surface area (TPSA) is 64.8 Å². The molecule has 0 fully saturated rings. The maximum Gasteiger partial charge on any atom is 0.340 e. The van der Waals surface area contributed by atoms with Gasteiger partial charge in [0.15, 0.2) is 5.60 Å². The quantitative estimate of drug-likeness (QED) is 0.523. The number of ether oxygens (including phenoxy) is 2. The molecule has 0 bridgehead atoms. The molecule has 146 valence electrons. The first kappa shape index (κ1) is 17.6. The SMILES string of the molecule is CCN(CC)c1ccc2c(c1)Oc1cccc(N)c1C21OC(=O)c2ccccc21. The molecule has 2 aliphatic rings. The maximum atomic E-state index is 12.8. The Bertz CT molecular complexity index is 1140. The highest BCUT2D eigenvalue weighted by Crippen LogP contribution is 2.57. The van der Waals surface area contributed by atoms with Crippen LogP contribution in [0.3, 0.4) is 0 Å². The van der Waals surface area contributed by atoms with Crippen molar-refractivity contribution in [1.82, 2.24) is 0 Å². The van der Waals surface area contributed by atoms with Crippen LogP contribution < -0.4 is 15.4 Å². The third kappa shape index (κ3) is 2.30. The van der Waals surface area contributed by atoms with Gasteiger partial charge in [0.25, 0.3) is 0 Å². The zero-order valence-corrected chi connectivity index (χ0v) is 16.4. The predicted octanol–water partition coefficient (Wildman–Crippen LogP) is 4.68. The molecule has 0 saturated heterocycles. The van der Waals surface area contributed by atoms with Crippen LogP contribution in [0.2, 0.25) is 0 Å². The van der Waals surface area contributed by atoms with Crippen LogP contribution >= 0.6 is 0 Å². The Morgan fingerprint density at radius 2 is 1.72 bits per heavy atom. The average Bonchev–Trinajstić information content (AvgIpc) is 3.02. The second-order valence-corrected chi connectivity index (χ2v) is 7.29. The van der Waals surface area contributed by atoms with Gasteiger partial charge in [-0.3, -0.25) is 0 Å². The highest BCUT2D eigenvalue weighted by molar-refractivity contribution is 5.97. The van der Waals surface area contributed by atoms with E-state index >= 15 is 0 Å². The summed E-state index contributed by atoms with van der Waals surface area (Å²) in [5.41, 5.74) is 9.71. The van der Waals surface area contributed by atoms with Crippen molar-refractivity contribution in [2.75, 3.05) is 23.7 Å². The van der Waals surface area contributed by atoms with Gasteiger partial charge in [-0.1, -0.05) is 24.3 Å². The number of carbonyl (C=O) groups is 1. The number of hydrogen-bond acceptors (Lipinski definition) is 5. The molecule has 1 atom stereocenters. The van der Waals surface area contributed by atoms with Crippen LogP contribution in [0.5, 0.6) is 11.5 Å². The number of hydrogen-bond donors (Lipinski definition) is 1. The second-order valence-electron chi connectivity index (χ2n) is 7.29. The van der Waals surface area contributed by atoms with Gasteiger partial charge in [0.1, 0.15) is 11.5 Å². The lowest BCUT2D eigenvalue weighted by Gasteiger charge is -2.37. The standard InChI is InChI=1S/C24H22N2O3/c1-3-26(4-2)15-12-13-18-21(14-15)28-20-11-7-10-19(25)22(20)24(18)17-9-6-5-8-16(17)23(27)29-24/h5-14H,3-4,25H2,1-2H3. The van der Waals surface area contributed by atoms with Crippen LogP contribution in [-0.4, -0.2) is 19.1 Å². The smallest absolute Gasteiger partial charge is 0.340 e. The molecule has 1 spiro atoms. The Morgan fingerprint density at radius 1 is 0.931 bits per heavy atom. The molecule has 2 aliphatic heterocycles. The number of rotatable bonds is 3. The highest BCUT2D eigenvalue weighted by atomic mass is 16.6. The van der Waals surface area contributed by atoms with Gasteiger partial charge in [-0.05, 0) is 44.2 Å². The molecular weight excluding hydrogens is 364 g/mol. The number of esters is 1. The minimum Gasteiger partial charge on any atom is -0.456 e. The van der Waals surface area contributed by atoms with Gasteiger partial charge in [-0.2, -0.15) is 0 Å². The summed E-state index contributed by atoms with van der Waals surface area (Å²) in [6.07, 6.45) is 0. The summed E-state index contributed by atoms with van der Waals surface area (Å²) in [6, 6.07) is 19.1. The van der Waals surface area contributed by atoms with Gasteiger partial charge in [0, 0.05) is 41.7 Å². The van der Waals surface area contributed by atoms with Crippen molar-refractivity contribution in [2.24, 2.45) is 0 Å². The van der Waals surface area contributed by atoms with E-state index in [-0.39, 0.29) is 5.97 Å². The van der Waals surface area contributed by atoms with Gasteiger partial charge in [-0.15, -0.1) is 0 Å². The number of nitrogen functional groups attached to an aromatic ring is 1. The molecule has 3 aromatic rings. The van der Waals surface area contributed by atoms with Crippen molar-refractivity contribution in [3.05, 3.63) is 82.9 Å². The fourth-order valence-corrected chi connectivity index (χ4v) is 4.54. The molecule has 0 aliphatic carbocycles. The Labute approximate surface area is 169 Å². The molecule has 0 aromatic heterocycles. The fraction of sp³-hybridized carbons (Fsp3) is 0.208. The summed E-state index contributed by atoms with van der Waals surface area (Å²) >= 11 is 0. The summed E-state index contributed by atoms with van der Waals surface area (Å²) in [6.45, 7) is 6.02. The first-order valence-corrected chi connectivity index (χ1v) is 9.89. The van der Waals surface area contributed by atoms with Crippen molar-refractivity contribution in [1.29, 1.82) is 0 Å². The largest absolute Gasteiger partial charge is 0.456 e. The molecule has 29 heavy (non-hydrogen) atoms. The van der Waals surface area contributed by atoms with Crippen molar-refractivity contribution < 1.29 is 14.3 Å². The van der Waals surface area contributed by atoms with Crippen LogP contribution in [0, 0.1) is 0 Å². The molecule has 2 heterocycles. The zero-order chi connectivity index (χ0) is 20.2. The average molecular weight is 386 g/mol. The Hall–Kier alpha value is -3.47. The lowest BCUT2D eigenvalue weighted by Crippen LogP contribution is -2.34. The van der Waals surface area contributed by atoms with Crippen LogP contribution in [0.15, 0.2) is 60.7 Å². The molecule has 0 saturated carbocycles. The molecule has 5 heteroatoms. The van der Waals surface area contributed by atoms with E-state index in [1.807, 2.05) is 48.5 Å². The van der Waals surface area contributed by atoms with E-state index < -0.39 is 5.60 Å². The van der Waals surface area contributed by atoms with Crippen molar-refractivity contribution in [3.8, 4) is 11.5 Å². The van der Waals surface area contributed by atoms with Crippen molar-refractivity contribution in [3.63, 3.8) is 0 Å². The van der Waals surface area contributed by atoms with E-state index in [1.165, 1.54) is 0 Å². The number of carbonyl (C=O) groups excluding carboxylic acids is 1. The molecule has 0 radical (unpaired) electrons. The Balaban J connectivity index is 1.82. The lowest BCUT2D eigenvalue weighted by molar-refractivity contribution is 0.0227. The van der Waals surface area contributed by atoms with Crippen LogP contribution in [-0.2, 0) is 10.3 Å². The van der Waals surface area contributed by atoms with E-state index in [4.69, 9.17) is 15.2 Å². The maximum absolute atomic E-state index is 12.8. The second kappa shape index (κ2) is 6.27. The lowest BCUT2D eigenvalue weighted by atomic mass is 9.77. The first-order valence-electron chi connectivity index (χ1n) is 9.89. The fourth-order valence-electron chi connectivity index (χ4n) is 4.54. The summed E-state index contributed by atoms with van der Waals surface area (Å²) in [5, 5.41) is 0. The number of nitrogens with zero attached hydrogens (tertiary/aromatic N) is 1. The molecule has 5 rings (SSSR count). The summed E-state index contributed by atoms with van der Waals surface area (Å²) in [7, 11) is 0. The van der Waals surface area contributed by atoms with E-state index in [1.54, 1.807) is 6.07 Å². The first-order chi connectivity index (χ1) is 14.1. The van der Waals surface area contributed by atoms with Gasteiger partial charge >= 0.3 is 5.97 Å². The predicted molar refractivity (Wildman–Crippen MR) is 113 cm³/mol. The van der Waals surface area contributed by atoms with Crippen molar-refractivity contribution in [2.45, 2.75) is 19.4 Å². The number of benzene rings is 3. The Kier molecular flexibility index (Phi) is 3.81. The van der Waals surface area contributed by atoms with Crippen molar-refractivity contribution >= 4 is 17.3 Å². The molecule has 2 N–H and O–H groups in total. The highest BCUT2D eigenvalue weighted by Gasteiger charge is 2.54. The Morgan fingerprint density at radius 3 is 2.52 bits per heavy atom. The van der Waals surface area contributed by atoms with E-state index in [2.05, 4.69) is 24.8 Å². The minimum absolute atomic E-state index is 0.351. The van der Waals surface area contributed by atoms with E-state index in [0.717, 1.165) is 29.9 Å².